The Bertz CT molecular complexity index is 722. The van der Waals surface area contributed by atoms with Crippen LogP contribution in [0.15, 0.2) is 29.3 Å². The van der Waals surface area contributed by atoms with E-state index in [1.165, 1.54) is 0 Å². The molecule has 0 bridgehead atoms. The lowest BCUT2D eigenvalue weighted by molar-refractivity contribution is -0.137. The van der Waals surface area contributed by atoms with E-state index in [0.717, 1.165) is 49.6 Å². The van der Waals surface area contributed by atoms with Crippen LogP contribution in [-0.2, 0) is 11.3 Å². The summed E-state index contributed by atoms with van der Waals surface area (Å²) in [6.07, 6.45) is 2.60. The standard InChI is InChI=1S/C20H29N5O3/c26-18(27)13-15-7-12-25(14-16-5-1-2-6-17(15)16)20(28)24-9-4-3-8-21-19-22-10-11-23-19/h1-2,5-6,15H,3-4,7-14H2,(H,24,28)(H,26,27)(H2,21,22,23). The van der Waals surface area contributed by atoms with Crippen LogP contribution in [0.3, 0.4) is 0 Å². The summed E-state index contributed by atoms with van der Waals surface area (Å²) in [6, 6.07) is 7.77. The van der Waals surface area contributed by atoms with Crippen molar-refractivity contribution in [2.75, 3.05) is 32.7 Å². The van der Waals surface area contributed by atoms with Crippen molar-refractivity contribution in [1.29, 1.82) is 0 Å². The lowest BCUT2D eigenvalue weighted by atomic mass is 9.90. The molecular weight excluding hydrogens is 358 g/mol. The maximum Gasteiger partial charge on any atom is 0.317 e. The number of carboxylic acid groups (broad SMARTS) is 1. The van der Waals surface area contributed by atoms with Gasteiger partial charge in [-0.15, -0.1) is 0 Å². The number of hydrogen-bond acceptors (Lipinski definition) is 5. The second-order valence-electron chi connectivity index (χ2n) is 7.23. The second-order valence-corrected chi connectivity index (χ2v) is 7.23. The zero-order valence-corrected chi connectivity index (χ0v) is 16.1. The molecule has 1 unspecified atom stereocenters. The van der Waals surface area contributed by atoms with Gasteiger partial charge in [-0.05, 0) is 36.3 Å². The molecule has 1 atom stereocenters. The Balaban J connectivity index is 1.44. The van der Waals surface area contributed by atoms with Crippen LogP contribution in [0.4, 0.5) is 4.79 Å². The van der Waals surface area contributed by atoms with Crippen LogP contribution < -0.4 is 16.0 Å². The van der Waals surface area contributed by atoms with E-state index in [4.69, 9.17) is 0 Å². The number of aliphatic imine (C=N–C) groups is 1. The fourth-order valence-corrected chi connectivity index (χ4v) is 3.70. The van der Waals surface area contributed by atoms with Crippen LogP contribution in [0.25, 0.3) is 0 Å². The topological polar surface area (TPSA) is 106 Å². The van der Waals surface area contributed by atoms with Gasteiger partial charge in [-0.3, -0.25) is 9.79 Å². The first kappa shape index (κ1) is 20.0. The highest BCUT2D eigenvalue weighted by Gasteiger charge is 2.26. The molecule has 3 rings (SSSR count). The minimum Gasteiger partial charge on any atom is -0.481 e. The summed E-state index contributed by atoms with van der Waals surface area (Å²) in [4.78, 5) is 29.9. The number of carboxylic acids is 1. The number of amides is 2. The summed E-state index contributed by atoms with van der Waals surface area (Å²) >= 11 is 0. The minimum atomic E-state index is -0.801. The van der Waals surface area contributed by atoms with Crippen molar-refractivity contribution in [3.63, 3.8) is 0 Å². The van der Waals surface area contributed by atoms with Crippen molar-refractivity contribution < 1.29 is 14.7 Å². The van der Waals surface area contributed by atoms with E-state index in [9.17, 15) is 14.7 Å². The van der Waals surface area contributed by atoms with Gasteiger partial charge in [-0.1, -0.05) is 24.3 Å². The molecule has 152 valence electrons. The minimum absolute atomic E-state index is 0.0512. The lowest BCUT2D eigenvalue weighted by Crippen LogP contribution is -2.40. The Morgan fingerprint density at radius 3 is 2.86 bits per heavy atom. The first-order valence-corrected chi connectivity index (χ1v) is 9.98. The summed E-state index contributed by atoms with van der Waals surface area (Å²) in [5.41, 5.74) is 2.09. The molecule has 0 saturated heterocycles. The molecule has 2 amide bonds. The van der Waals surface area contributed by atoms with Crippen LogP contribution in [0.1, 0.15) is 42.7 Å². The number of benzene rings is 1. The Morgan fingerprint density at radius 2 is 2.07 bits per heavy atom. The third-order valence-electron chi connectivity index (χ3n) is 5.16. The first-order chi connectivity index (χ1) is 13.6. The average Bonchev–Trinajstić information content (AvgIpc) is 3.13. The number of unbranched alkanes of at least 4 members (excludes halogenated alkanes) is 1. The van der Waals surface area contributed by atoms with Crippen molar-refractivity contribution in [2.45, 2.75) is 38.1 Å². The molecule has 0 aliphatic carbocycles. The quantitative estimate of drug-likeness (QED) is 0.531. The zero-order chi connectivity index (χ0) is 19.8. The van der Waals surface area contributed by atoms with Crippen molar-refractivity contribution in [3.05, 3.63) is 35.4 Å². The van der Waals surface area contributed by atoms with E-state index in [0.29, 0.717) is 26.1 Å². The highest BCUT2D eigenvalue weighted by atomic mass is 16.4. The van der Waals surface area contributed by atoms with Crippen LogP contribution in [0, 0.1) is 0 Å². The van der Waals surface area contributed by atoms with Crippen molar-refractivity contribution in [2.24, 2.45) is 4.99 Å². The highest BCUT2D eigenvalue weighted by molar-refractivity contribution is 5.81. The average molecular weight is 387 g/mol. The van der Waals surface area contributed by atoms with Gasteiger partial charge in [0.15, 0.2) is 5.96 Å². The molecule has 0 spiro atoms. The van der Waals surface area contributed by atoms with Gasteiger partial charge in [-0.2, -0.15) is 0 Å². The van der Waals surface area contributed by atoms with E-state index < -0.39 is 5.97 Å². The number of urea groups is 1. The summed E-state index contributed by atoms with van der Waals surface area (Å²) in [5.74, 6) is 0.0120. The molecule has 8 nitrogen and oxygen atoms in total. The second kappa shape index (κ2) is 9.96. The van der Waals surface area contributed by atoms with Gasteiger partial charge >= 0.3 is 12.0 Å². The van der Waals surface area contributed by atoms with Crippen LogP contribution in [0.2, 0.25) is 0 Å². The Kier molecular flexibility index (Phi) is 7.11. The number of nitrogens with zero attached hydrogens (tertiary/aromatic N) is 2. The molecule has 0 aromatic heterocycles. The van der Waals surface area contributed by atoms with Crippen LogP contribution in [-0.4, -0.2) is 60.7 Å². The molecule has 0 radical (unpaired) electrons. The van der Waals surface area contributed by atoms with Crippen molar-refractivity contribution >= 4 is 18.0 Å². The van der Waals surface area contributed by atoms with Gasteiger partial charge in [0.05, 0.1) is 13.0 Å². The molecule has 28 heavy (non-hydrogen) atoms. The van der Waals surface area contributed by atoms with E-state index in [2.05, 4.69) is 20.9 Å². The number of aliphatic carboxylic acids is 1. The largest absolute Gasteiger partial charge is 0.481 e. The Labute approximate surface area is 165 Å². The molecular formula is C20H29N5O3. The summed E-state index contributed by atoms with van der Waals surface area (Å²) in [6.45, 7) is 4.25. The van der Waals surface area contributed by atoms with Crippen molar-refractivity contribution in [3.8, 4) is 0 Å². The Hall–Kier alpha value is -2.77. The van der Waals surface area contributed by atoms with E-state index in [-0.39, 0.29) is 18.4 Å². The number of fused-ring (bicyclic) bond motifs is 1. The molecule has 1 aromatic carbocycles. The number of carbonyl (C=O) groups excluding carboxylic acids is 1. The molecule has 0 saturated carbocycles. The van der Waals surface area contributed by atoms with Crippen LogP contribution >= 0.6 is 0 Å². The summed E-state index contributed by atoms with van der Waals surface area (Å²) < 4.78 is 0. The molecule has 2 heterocycles. The number of hydrogen-bond donors (Lipinski definition) is 4. The molecule has 4 N–H and O–H groups in total. The van der Waals surface area contributed by atoms with Gasteiger partial charge in [0.1, 0.15) is 0 Å². The van der Waals surface area contributed by atoms with Gasteiger partial charge in [0.25, 0.3) is 0 Å². The molecule has 2 aliphatic rings. The normalized spacial score (nSPS) is 18.5. The van der Waals surface area contributed by atoms with E-state index >= 15 is 0 Å². The maximum absolute atomic E-state index is 12.6. The smallest absolute Gasteiger partial charge is 0.317 e. The number of carbonyl (C=O) groups is 2. The molecule has 1 aromatic rings. The number of nitrogens with one attached hydrogen (secondary N) is 3. The van der Waals surface area contributed by atoms with Gasteiger partial charge in [0, 0.05) is 32.7 Å². The fourth-order valence-electron chi connectivity index (χ4n) is 3.70. The van der Waals surface area contributed by atoms with Gasteiger partial charge in [0.2, 0.25) is 0 Å². The third-order valence-corrected chi connectivity index (χ3v) is 5.16. The summed E-state index contributed by atoms with van der Waals surface area (Å²) in [5, 5.41) is 18.6. The number of rotatable bonds is 7. The van der Waals surface area contributed by atoms with E-state index in [1.807, 2.05) is 24.3 Å². The van der Waals surface area contributed by atoms with E-state index in [1.54, 1.807) is 4.90 Å². The molecule has 2 aliphatic heterocycles. The monoisotopic (exact) mass is 387 g/mol. The number of guanidine groups is 1. The van der Waals surface area contributed by atoms with Crippen LogP contribution in [0.5, 0.6) is 0 Å². The molecule has 8 heteroatoms. The van der Waals surface area contributed by atoms with Gasteiger partial charge in [-0.25, -0.2) is 4.79 Å². The molecule has 0 fully saturated rings. The Morgan fingerprint density at radius 1 is 1.25 bits per heavy atom. The fraction of sp³-hybridized carbons (Fsp3) is 0.550. The van der Waals surface area contributed by atoms with Gasteiger partial charge < -0.3 is 26.0 Å². The lowest BCUT2D eigenvalue weighted by Gasteiger charge is -2.21. The highest BCUT2D eigenvalue weighted by Crippen LogP contribution is 2.31. The zero-order valence-electron chi connectivity index (χ0n) is 16.1. The maximum atomic E-state index is 12.6. The summed E-state index contributed by atoms with van der Waals surface area (Å²) in [7, 11) is 0. The predicted octanol–water partition coefficient (Wildman–Crippen LogP) is 1.49. The van der Waals surface area contributed by atoms with Crippen molar-refractivity contribution in [1.82, 2.24) is 20.9 Å². The SMILES string of the molecule is O=C(O)CC1CCN(C(=O)NCCCCNC2=NCCN2)Cc2ccccc21. The first-order valence-electron chi connectivity index (χ1n) is 9.98. The predicted molar refractivity (Wildman–Crippen MR) is 107 cm³/mol. The third kappa shape index (κ3) is 5.61.